The van der Waals surface area contributed by atoms with Gasteiger partial charge in [-0.3, -0.25) is 0 Å². The molecular formula is C22H31N3O4. The number of benzene rings is 1. The minimum atomic E-state index is -0.530. The van der Waals surface area contributed by atoms with Crippen molar-refractivity contribution in [1.82, 2.24) is 15.5 Å². The van der Waals surface area contributed by atoms with Gasteiger partial charge in [-0.05, 0) is 71.7 Å². The molecule has 158 valence electrons. The van der Waals surface area contributed by atoms with Crippen LogP contribution in [0.1, 0.15) is 72.1 Å². The Kier molecular flexibility index (Phi) is 6.45. The molecule has 0 aliphatic heterocycles. The summed E-state index contributed by atoms with van der Waals surface area (Å²) in [5.41, 5.74) is 0.310. The first-order chi connectivity index (χ1) is 13.7. The highest BCUT2D eigenvalue weighted by Crippen LogP contribution is 2.34. The van der Waals surface area contributed by atoms with Gasteiger partial charge in [0.1, 0.15) is 11.4 Å². The number of alkyl carbamates (subject to hydrolysis) is 1. The fourth-order valence-corrected chi connectivity index (χ4v) is 3.51. The van der Waals surface area contributed by atoms with E-state index in [4.69, 9.17) is 13.9 Å². The minimum absolute atomic E-state index is 0.0129. The molecule has 1 aliphatic rings. The second kappa shape index (κ2) is 8.84. The molecule has 1 aromatic heterocycles. The average Bonchev–Trinajstić information content (AvgIpc) is 3.10. The SMILES string of the molecule is CC(C)Oc1ccc(-c2nnc([C@@H]3CCCC[C@H]3NC(=O)OC(C)(C)C)o2)cc1. The number of carbonyl (C=O) groups is 1. The second-order valence-corrected chi connectivity index (χ2v) is 8.78. The molecule has 1 saturated carbocycles. The number of amides is 1. The van der Waals surface area contributed by atoms with E-state index in [-0.39, 0.29) is 18.1 Å². The standard InChI is InChI=1S/C22H31N3O4/c1-14(2)27-16-12-10-15(11-13-16)19-24-25-20(28-19)17-8-6-7-9-18(17)23-21(26)29-22(3,4)5/h10-14,17-18H,6-9H2,1-5H3,(H,23,26)/t17-,18-/m1/s1. The molecule has 7 nitrogen and oxygen atoms in total. The molecule has 1 aromatic carbocycles. The summed E-state index contributed by atoms with van der Waals surface area (Å²) in [4.78, 5) is 12.2. The molecule has 2 aromatic rings. The van der Waals surface area contributed by atoms with Crippen molar-refractivity contribution in [2.45, 2.75) is 84.0 Å². The van der Waals surface area contributed by atoms with E-state index in [1.807, 2.05) is 58.9 Å². The third-order valence-corrected chi connectivity index (χ3v) is 4.70. The van der Waals surface area contributed by atoms with Crippen molar-refractivity contribution in [3.05, 3.63) is 30.2 Å². The number of nitrogens with zero attached hydrogens (tertiary/aromatic N) is 2. The van der Waals surface area contributed by atoms with E-state index in [1.54, 1.807) is 0 Å². The van der Waals surface area contributed by atoms with E-state index >= 15 is 0 Å². The van der Waals surface area contributed by atoms with Gasteiger partial charge in [0.25, 0.3) is 0 Å². The number of carbonyl (C=O) groups excluding carboxylic acids is 1. The lowest BCUT2D eigenvalue weighted by atomic mass is 9.84. The van der Waals surface area contributed by atoms with Crippen LogP contribution in [-0.4, -0.2) is 34.0 Å². The van der Waals surface area contributed by atoms with Crippen LogP contribution < -0.4 is 10.1 Å². The Morgan fingerprint density at radius 3 is 2.48 bits per heavy atom. The zero-order valence-corrected chi connectivity index (χ0v) is 17.9. The zero-order chi connectivity index (χ0) is 21.0. The molecule has 2 atom stereocenters. The molecular weight excluding hydrogens is 370 g/mol. The number of ether oxygens (including phenoxy) is 2. The summed E-state index contributed by atoms with van der Waals surface area (Å²) in [6.07, 6.45) is 3.59. The van der Waals surface area contributed by atoms with Crippen LogP contribution in [0.3, 0.4) is 0 Å². The van der Waals surface area contributed by atoms with E-state index in [2.05, 4.69) is 15.5 Å². The first-order valence-corrected chi connectivity index (χ1v) is 10.3. The van der Waals surface area contributed by atoms with Crippen LogP contribution in [0, 0.1) is 0 Å². The van der Waals surface area contributed by atoms with Crippen molar-refractivity contribution in [3.63, 3.8) is 0 Å². The predicted octanol–water partition coefficient (Wildman–Crippen LogP) is 5.07. The maximum absolute atomic E-state index is 12.2. The number of rotatable bonds is 5. The van der Waals surface area contributed by atoms with Gasteiger partial charge in [0.2, 0.25) is 11.8 Å². The molecule has 1 heterocycles. The van der Waals surface area contributed by atoms with Gasteiger partial charge in [0.05, 0.1) is 12.0 Å². The summed E-state index contributed by atoms with van der Waals surface area (Å²) in [6.45, 7) is 9.54. The van der Waals surface area contributed by atoms with Crippen LogP contribution in [-0.2, 0) is 4.74 Å². The summed E-state index contributed by atoms with van der Waals surface area (Å²) < 4.78 is 17.1. The molecule has 0 radical (unpaired) electrons. The summed E-state index contributed by atoms with van der Waals surface area (Å²) >= 11 is 0. The summed E-state index contributed by atoms with van der Waals surface area (Å²) in [6, 6.07) is 7.53. The van der Waals surface area contributed by atoms with Crippen molar-refractivity contribution in [2.24, 2.45) is 0 Å². The van der Waals surface area contributed by atoms with Crippen LogP contribution >= 0.6 is 0 Å². The lowest BCUT2D eigenvalue weighted by Gasteiger charge is -2.30. The van der Waals surface area contributed by atoms with Gasteiger partial charge < -0.3 is 19.2 Å². The van der Waals surface area contributed by atoms with E-state index in [9.17, 15) is 4.79 Å². The highest BCUT2D eigenvalue weighted by Gasteiger charge is 2.33. The van der Waals surface area contributed by atoms with E-state index < -0.39 is 11.7 Å². The number of hydrogen-bond acceptors (Lipinski definition) is 6. The topological polar surface area (TPSA) is 86.5 Å². The quantitative estimate of drug-likeness (QED) is 0.752. The Hall–Kier alpha value is -2.57. The average molecular weight is 402 g/mol. The highest BCUT2D eigenvalue weighted by atomic mass is 16.6. The largest absolute Gasteiger partial charge is 0.491 e. The highest BCUT2D eigenvalue weighted by molar-refractivity contribution is 5.68. The molecule has 1 amide bonds. The Bertz CT molecular complexity index is 808. The zero-order valence-electron chi connectivity index (χ0n) is 17.9. The van der Waals surface area contributed by atoms with Gasteiger partial charge in [-0.2, -0.15) is 0 Å². The van der Waals surface area contributed by atoms with Crippen LogP contribution in [0.15, 0.2) is 28.7 Å². The number of aromatic nitrogens is 2. The predicted molar refractivity (Wildman–Crippen MR) is 110 cm³/mol. The molecule has 0 spiro atoms. The normalized spacial score (nSPS) is 19.8. The van der Waals surface area contributed by atoms with E-state index in [1.165, 1.54) is 0 Å². The molecule has 1 N–H and O–H groups in total. The number of nitrogens with one attached hydrogen (secondary N) is 1. The summed E-state index contributed by atoms with van der Waals surface area (Å²) in [5.74, 6) is 1.82. The molecule has 0 unspecified atom stereocenters. The molecule has 1 fully saturated rings. The van der Waals surface area contributed by atoms with Crippen LogP contribution in [0.5, 0.6) is 5.75 Å². The molecule has 3 rings (SSSR count). The Balaban J connectivity index is 1.71. The maximum Gasteiger partial charge on any atom is 0.407 e. The summed E-state index contributed by atoms with van der Waals surface area (Å²) in [5, 5.41) is 11.5. The van der Waals surface area contributed by atoms with Crippen LogP contribution in [0.25, 0.3) is 11.5 Å². The molecule has 0 bridgehead atoms. The first kappa shape index (κ1) is 21.1. The summed E-state index contributed by atoms with van der Waals surface area (Å²) in [7, 11) is 0. The van der Waals surface area contributed by atoms with Gasteiger partial charge in [-0.15, -0.1) is 10.2 Å². The Morgan fingerprint density at radius 2 is 1.83 bits per heavy atom. The molecule has 29 heavy (non-hydrogen) atoms. The Morgan fingerprint density at radius 1 is 1.14 bits per heavy atom. The monoisotopic (exact) mass is 401 g/mol. The minimum Gasteiger partial charge on any atom is -0.491 e. The van der Waals surface area contributed by atoms with Crippen molar-refractivity contribution < 1.29 is 18.7 Å². The second-order valence-electron chi connectivity index (χ2n) is 8.78. The van der Waals surface area contributed by atoms with Gasteiger partial charge in [-0.1, -0.05) is 12.8 Å². The molecule has 0 saturated heterocycles. The fraction of sp³-hybridized carbons (Fsp3) is 0.591. The van der Waals surface area contributed by atoms with Crippen molar-refractivity contribution in [3.8, 4) is 17.2 Å². The maximum atomic E-state index is 12.2. The van der Waals surface area contributed by atoms with E-state index in [0.717, 1.165) is 37.0 Å². The van der Waals surface area contributed by atoms with Crippen molar-refractivity contribution in [2.75, 3.05) is 0 Å². The van der Waals surface area contributed by atoms with Gasteiger partial charge in [0.15, 0.2) is 0 Å². The lowest BCUT2D eigenvalue weighted by molar-refractivity contribution is 0.0481. The smallest absolute Gasteiger partial charge is 0.407 e. The van der Waals surface area contributed by atoms with Gasteiger partial charge >= 0.3 is 6.09 Å². The van der Waals surface area contributed by atoms with Gasteiger partial charge in [0, 0.05) is 11.6 Å². The molecule has 7 heteroatoms. The first-order valence-electron chi connectivity index (χ1n) is 10.3. The Labute approximate surface area is 172 Å². The van der Waals surface area contributed by atoms with Crippen molar-refractivity contribution >= 4 is 6.09 Å². The van der Waals surface area contributed by atoms with Crippen LogP contribution in [0.2, 0.25) is 0 Å². The fourth-order valence-electron chi connectivity index (χ4n) is 3.51. The van der Waals surface area contributed by atoms with Crippen molar-refractivity contribution in [1.29, 1.82) is 0 Å². The van der Waals surface area contributed by atoms with Crippen LogP contribution in [0.4, 0.5) is 4.79 Å². The third kappa shape index (κ3) is 5.95. The van der Waals surface area contributed by atoms with E-state index in [0.29, 0.717) is 11.8 Å². The third-order valence-electron chi connectivity index (χ3n) is 4.70. The molecule has 1 aliphatic carbocycles. The number of hydrogen-bond donors (Lipinski definition) is 1. The lowest BCUT2D eigenvalue weighted by Crippen LogP contribution is -2.43. The van der Waals surface area contributed by atoms with Gasteiger partial charge in [-0.25, -0.2) is 4.79 Å².